The van der Waals surface area contributed by atoms with Gasteiger partial charge in [0.25, 0.3) is 5.91 Å². The van der Waals surface area contributed by atoms with Gasteiger partial charge >= 0.3 is 0 Å². The number of rotatable bonds is 5. The normalized spacial score (nSPS) is 17.2. The van der Waals surface area contributed by atoms with Crippen LogP contribution in [0.15, 0.2) is 18.2 Å². The van der Waals surface area contributed by atoms with Crippen molar-refractivity contribution < 1.29 is 14.3 Å². The van der Waals surface area contributed by atoms with Gasteiger partial charge in [0.2, 0.25) is 5.91 Å². The van der Waals surface area contributed by atoms with Crippen molar-refractivity contribution in [1.82, 2.24) is 5.32 Å². The van der Waals surface area contributed by atoms with Crippen molar-refractivity contribution in [3.05, 3.63) is 23.8 Å². The van der Waals surface area contributed by atoms with Gasteiger partial charge in [-0.3, -0.25) is 9.59 Å². The predicted molar refractivity (Wildman–Crippen MR) is 85.9 cm³/mol. The Bertz CT molecular complexity index is 567. The second-order valence-electron chi connectivity index (χ2n) is 5.69. The van der Waals surface area contributed by atoms with Gasteiger partial charge in [0, 0.05) is 19.5 Å². The number of carbonyl (C=O) groups is 2. The molecule has 22 heavy (non-hydrogen) atoms. The maximum Gasteiger partial charge on any atom is 0.267 e. The van der Waals surface area contributed by atoms with Crippen LogP contribution in [-0.4, -0.2) is 25.0 Å². The third kappa shape index (κ3) is 3.24. The average Bonchev–Trinajstić information content (AvgIpc) is 2.52. The highest BCUT2D eigenvalue weighted by Crippen LogP contribution is 2.33. The number of fused-ring (bicyclic) bond motifs is 1. The Morgan fingerprint density at radius 3 is 2.68 bits per heavy atom. The van der Waals surface area contributed by atoms with Crippen molar-refractivity contribution >= 4 is 17.5 Å². The minimum absolute atomic E-state index is 0.0612. The summed E-state index contributed by atoms with van der Waals surface area (Å²) >= 11 is 0. The third-order valence-corrected chi connectivity index (χ3v) is 4.19. The number of hydrogen-bond acceptors (Lipinski definition) is 3. The molecule has 0 saturated carbocycles. The van der Waals surface area contributed by atoms with Gasteiger partial charge in [-0.2, -0.15) is 0 Å². The molecule has 120 valence electrons. The summed E-state index contributed by atoms with van der Waals surface area (Å²) in [7, 11) is 1.74. The topological polar surface area (TPSA) is 58.6 Å². The van der Waals surface area contributed by atoms with Gasteiger partial charge in [-0.25, -0.2) is 0 Å². The lowest BCUT2D eigenvalue weighted by Crippen LogP contribution is -2.42. The van der Waals surface area contributed by atoms with E-state index in [9.17, 15) is 9.59 Å². The first kappa shape index (κ1) is 16.3. The fraction of sp³-hybridized carbons (Fsp3) is 0.529. The minimum atomic E-state index is -0.460. The van der Waals surface area contributed by atoms with E-state index >= 15 is 0 Å². The largest absolute Gasteiger partial charge is 0.479 e. The van der Waals surface area contributed by atoms with Crippen LogP contribution in [0.4, 0.5) is 5.69 Å². The van der Waals surface area contributed by atoms with Gasteiger partial charge in [-0.05, 0) is 37.5 Å². The molecule has 5 heteroatoms. The lowest BCUT2D eigenvalue weighted by atomic mass is 10.0. The number of anilines is 1. The second-order valence-corrected chi connectivity index (χ2v) is 5.69. The van der Waals surface area contributed by atoms with Gasteiger partial charge < -0.3 is 15.0 Å². The van der Waals surface area contributed by atoms with E-state index in [4.69, 9.17) is 4.74 Å². The summed E-state index contributed by atoms with van der Waals surface area (Å²) in [5, 5.41) is 2.96. The smallest absolute Gasteiger partial charge is 0.267 e. The first-order valence-corrected chi connectivity index (χ1v) is 7.82. The average molecular weight is 304 g/mol. The number of amides is 2. The van der Waals surface area contributed by atoms with E-state index in [-0.39, 0.29) is 17.7 Å². The highest BCUT2D eigenvalue weighted by atomic mass is 16.5. The van der Waals surface area contributed by atoms with Crippen LogP contribution in [0.5, 0.6) is 5.75 Å². The van der Waals surface area contributed by atoms with Crippen LogP contribution < -0.4 is 15.0 Å². The Kier molecular flexibility index (Phi) is 5.06. The van der Waals surface area contributed by atoms with Gasteiger partial charge in [0.15, 0.2) is 6.10 Å². The molecular weight excluding hydrogens is 280 g/mol. The van der Waals surface area contributed by atoms with Gasteiger partial charge in [0.05, 0.1) is 5.69 Å². The molecular formula is C17H24N2O3. The number of likely N-dealkylation sites (N-methyl/N-ethyl adjacent to an activating group) is 1. The quantitative estimate of drug-likeness (QED) is 0.909. The Morgan fingerprint density at radius 2 is 2.05 bits per heavy atom. The van der Waals surface area contributed by atoms with Crippen LogP contribution in [0.3, 0.4) is 0 Å². The van der Waals surface area contributed by atoms with Gasteiger partial charge in [-0.15, -0.1) is 0 Å². The summed E-state index contributed by atoms with van der Waals surface area (Å²) in [6.45, 7) is 6.24. The predicted octanol–water partition coefficient (Wildman–Crippen LogP) is 2.48. The molecule has 0 radical (unpaired) electrons. The third-order valence-electron chi connectivity index (χ3n) is 4.19. The zero-order valence-electron chi connectivity index (χ0n) is 13.7. The second kappa shape index (κ2) is 6.81. The highest BCUT2D eigenvalue weighted by Gasteiger charge is 2.28. The molecule has 2 amide bonds. The summed E-state index contributed by atoms with van der Waals surface area (Å²) in [5.41, 5.74) is 1.70. The molecule has 1 heterocycles. The molecule has 0 aromatic heterocycles. The highest BCUT2D eigenvalue weighted by molar-refractivity contribution is 5.99. The fourth-order valence-electron chi connectivity index (χ4n) is 2.66. The van der Waals surface area contributed by atoms with Crippen molar-refractivity contribution in [3.63, 3.8) is 0 Å². The van der Waals surface area contributed by atoms with Gasteiger partial charge in [-0.1, -0.05) is 19.9 Å². The number of benzene rings is 1. The zero-order valence-corrected chi connectivity index (χ0v) is 13.7. The maximum absolute atomic E-state index is 12.0. The summed E-state index contributed by atoms with van der Waals surface area (Å²) < 4.78 is 5.59. The first-order chi connectivity index (χ1) is 10.5. The van der Waals surface area contributed by atoms with E-state index in [1.54, 1.807) is 18.9 Å². The Hall–Kier alpha value is -2.04. The Morgan fingerprint density at radius 1 is 1.36 bits per heavy atom. The molecule has 0 spiro atoms. The van der Waals surface area contributed by atoms with Crippen molar-refractivity contribution in [2.45, 2.75) is 46.3 Å². The first-order valence-electron chi connectivity index (χ1n) is 7.82. The van der Waals surface area contributed by atoms with Crippen molar-refractivity contribution in [1.29, 1.82) is 0 Å². The van der Waals surface area contributed by atoms with E-state index in [2.05, 4.69) is 5.32 Å². The van der Waals surface area contributed by atoms with E-state index in [0.717, 1.165) is 24.1 Å². The number of carbonyl (C=O) groups excluding carboxylic acids is 2. The summed E-state index contributed by atoms with van der Waals surface area (Å²) in [6, 6.07) is 5.67. The van der Waals surface area contributed by atoms with E-state index < -0.39 is 6.10 Å². The number of nitrogens with one attached hydrogen (secondary N) is 1. The van der Waals surface area contributed by atoms with Crippen LogP contribution in [0.1, 0.15) is 39.2 Å². The molecule has 1 atom stereocenters. The maximum atomic E-state index is 12.0. The van der Waals surface area contributed by atoms with Crippen molar-refractivity contribution in [2.24, 2.45) is 5.92 Å². The molecule has 1 aromatic rings. The minimum Gasteiger partial charge on any atom is -0.479 e. The standard InChI is InChI=1S/C17H24N2O3/c1-5-13(6-2)16(20)18-10-12-7-8-15-14(9-12)19(4)17(21)11(3)22-15/h7-9,11,13H,5-6,10H2,1-4H3,(H,18,20). The molecule has 2 rings (SSSR count). The number of hydrogen-bond donors (Lipinski definition) is 1. The van der Waals surface area contributed by atoms with Crippen LogP contribution in [0, 0.1) is 5.92 Å². The van der Waals surface area contributed by atoms with Crippen LogP contribution >= 0.6 is 0 Å². The molecule has 0 bridgehead atoms. The summed E-state index contributed by atoms with van der Waals surface area (Å²) in [6.07, 6.45) is 1.23. The summed E-state index contributed by atoms with van der Waals surface area (Å²) in [5.74, 6) is 0.776. The van der Waals surface area contributed by atoms with Crippen molar-refractivity contribution in [3.8, 4) is 5.75 Å². The summed E-state index contributed by atoms with van der Waals surface area (Å²) in [4.78, 5) is 25.6. The molecule has 0 fully saturated rings. The molecule has 1 aliphatic heterocycles. The molecule has 0 saturated heterocycles. The Labute approximate surface area is 131 Å². The van der Waals surface area contributed by atoms with E-state index in [0.29, 0.717) is 12.3 Å². The molecule has 1 aliphatic rings. The van der Waals surface area contributed by atoms with Gasteiger partial charge in [0.1, 0.15) is 5.75 Å². The molecule has 1 unspecified atom stereocenters. The zero-order chi connectivity index (χ0) is 16.3. The van der Waals surface area contributed by atoms with Crippen LogP contribution in [0.25, 0.3) is 0 Å². The monoisotopic (exact) mass is 304 g/mol. The van der Waals surface area contributed by atoms with Crippen LogP contribution in [0.2, 0.25) is 0 Å². The van der Waals surface area contributed by atoms with E-state index in [1.165, 1.54) is 0 Å². The molecule has 1 N–H and O–H groups in total. The van der Waals surface area contributed by atoms with Crippen molar-refractivity contribution in [2.75, 3.05) is 11.9 Å². The fourth-order valence-corrected chi connectivity index (χ4v) is 2.66. The lowest BCUT2D eigenvalue weighted by Gasteiger charge is -2.30. The van der Waals surface area contributed by atoms with Crippen LogP contribution in [-0.2, 0) is 16.1 Å². The Balaban J connectivity index is 2.09. The lowest BCUT2D eigenvalue weighted by molar-refractivity contribution is -0.126. The number of nitrogens with zero attached hydrogens (tertiary/aromatic N) is 1. The molecule has 1 aromatic carbocycles. The number of ether oxygens (including phenoxy) is 1. The SMILES string of the molecule is CCC(CC)C(=O)NCc1ccc2c(c1)N(C)C(=O)C(C)O2. The molecule has 0 aliphatic carbocycles. The van der Waals surface area contributed by atoms with E-state index in [1.807, 2.05) is 32.0 Å². The molecule has 5 nitrogen and oxygen atoms in total.